The maximum Gasteiger partial charge on any atom is 0.162 e. The Balaban J connectivity index is 2.15. The molecule has 0 aliphatic heterocycles. The molecule has 1 atom stereocenters. The molecule has 1 aromatic carbocycles. The van der Waals surface area contributed by atoms with Crippen LogP contribution in [-0.4, -0.2) is 0 Å². The molecule has 0 aliphatic carbocycles. The predicted molar refractivity (Wildman–Crippen MR) is 69.8 cm³/mol. The molecule has 4 heteroatoms. The van der Waals surface area contributed by atoms with Gasteiger partial charge in [0.1, 0.15) is 11.5 Å². The summed E-state index contributed by atoms with van der Waals surface area (Å²) < 4.78 is 32.2. The van der Waals surface area contributed by atoms with Crippen molar-refractivity contribution in [3.63, 3.8) is 0 Å². The van der Waals surface area contributed by atoms with Crippen molar-refractivity contribution >= 4 is 15.9 Å². The van der Waals surface area contributed by atoms with Gasteiger partial charge in [0.2, 0.25) is 0 Å². The number of halogens is 3. The van der Waals surface area contributed by atoms with E-state index >= 15 is 0 Å². The topological polar surface area (TPSA) is 13.1 Å². The van der Waals surface area contributed by atoms with Crippen LogP contribution in [-0.2, 0) is 12.8 Å². The van der Waals surface area contributed by atoms with Gasteiger partial charge < -0.3 is 4.42 Å². The van der Waals surface area contributed by atoms with E-state index in [1.807, 2.05) is 19.1 Å². The van der Waals surface area contributed by atoms with Crippen LogP contribution in [0.15, 0.2) is 34.7 Å². The molecule has 1 nitrogen and oxygen atoms in total. The van der Waals surface area contributed by atoms with Crippen molar-refractivity contribution in [2.75, 3.05) is 0 Å². The zero-order chi connectivity index (χ0) is 13.1. The lowest BCUT2D eigenvalue weighted by molar-refractivity contribution is 0.462. The van der Waals surface area contributed by atoms with Crippen molar-refractivity contribution in [2.45, 2.75) is 24.6 Å². The molecule has 2 aromatic rings. The number of furan rings is 1. The molecular formula is C14H13BrF2O. The fraction of sp³-hybridized carbons (Fsp3) is 0.286. The summed E-state index contributed by atoms with van der Waals surface area (Å²) >= 11 is 3.44. The van der Waals surface area contributed by atoms with E-state index in [4.69, 9.17) is 4.42 Å². The number of rotatable bonds is 4. The van der Waals surface area contributed by atoms with Crippen molar-refractivity contribution < 1.29 is 13.2 Å². The monoisotopic (exact) mass is 314 g/mol. The van der Waals surface area contributed by atoms with Crippen LogP contribution in [0.3, 0.4) is 0 Å². The Hall–Kier alpha value is -1.16. The van der Waals surface area contributed by atoms with Gasteiger partial charge in [0, 0.05) is 6.42 Å². The Labute approximate surface area is 113 Å². The Morgan fingerprint density at radius 3 is 2.67 bits per heavy atom. The number of aryl methyl sites for hydroxylation is 1. The molecule has 0 aliphatic rings. The molecule has 0 fully saturated rings. The van der Waals surface area contributed by atoms with Crippen LogP contribution in [0, 0.1) is 11.6 Å². The first-order chi connectivity index (χ1) is 8.61. The van der Waals surface area contributed by atoms with Gasteiger partial charge in [0.25, 0.3) is 0 Å². The van der Waals surface area contributed by atoms with Gasteiger partial charge in [-0.3, -0.25) is 0 Å². The van der Waals surface area contributed by atoms with Crippen molar-refractivity contribution in [1.82, 2.24) is 0 Å². The molecule has 1 unspecified atom stereocenters. The van der Waals surface area contributed by atoms with Crippen molar-refractivity contribution in [2.24, 2.45) is 0 Å². The minimum Gasteiger partial charge on any atom is -0.465 e. The second kappa shape index (κ2) is 5.65. The Kier molecular flexibility index (Phi) is 4.17. The highest BCUT2D eigenvalue weighted by atomic mass is 79.9. The van der Waals surface area contributed by atoms with Gasteiger partial charge in [-0.25, -0.2) is 8.78 Å². The van der Waals surface area contributed by atoms with Gasteiger partial charge in [-0.1, -0.05) is 35.0 Å². The summed E-state index contributed by atoms with van der Waals surface area (Å²) in [4.78, 5) is -0.158. The molecule has 0 bridgehead atoms. The fourth-order valence-corrected chi connectivity index (χ4v) is 2.35. The summed E-state index contributed by atoms with van der Waals surface area (Å²) in [5.74, 6) is 0.00906. The fourth-order valence-electron chi connectivity index (χ4n) is 1.75. The molecule has 0 spiro atoms. The number of hydrogen-bond donors (Lipinski definition) is 0. The average molecular weight is 315 g/mol. The third kappa shape index (κ3) is 2.80. The van der Waals surface area contributed by atoms with Crippen LogP contribution in [0.1, 0.15) is 28.8 Å². The highest BCUT2D eigenvalue weighted by Gasteiger charge is 2.16. The molecule has 0 saturated carbocycles. The Bertz CT molecular complexity index is 536. The molecule has 1 heterocycles. The molecule has 0 amide bonds. The quantitative estimate of drug-likeness (QED) is 0.739. The van der Waals surface area contributed by atoms with Crippen LogP contribution in [0.5, 0.6) is 0 Å². The lowest BCUT2D eigenvalue weighted by Gasteiger charge is -2.08. The first kappa shape index (κ1) is 13.3. The van der Waals surface area contributed by atoms with Crippen LogP contribution >= 0.6 is 15.9 Å². The van der Waals surface area contributed by atoms with Crippen molar-refractivity contribution in [1.29, 1.82) is 0 Å². The van der Waals surface area contributed by atoms with Gasteiger partial charge in [-0.15, -0.1) is 0 Å². The average Bonchev–Trinajstić information content (AvgIpc) is 2.83. The second-order valence-corrected chi connectivity index (χ2v) is 5.15. The van der Waals surface area contributed by atoms with Gasteiger partial charge >= 0.3 is 0 Å². The summed E-state index contributed by atoms with van der Waals surface area (Å²) in [6, 6.07) is 7.95. The van der Waals surface area contributed by atoms with Crippen molar-refractivity contribution in [3.05, 3.63) is 59.1 Å². The highest BCUT2D eigenvalue weighted by molar-refractivity contribution is 9.09. The predicted octanol–water partition coefficient (Wildman–Crippen LogP) is 4.80. The van der Waals surface area contributed by atoms with Gasteiger partial charge in [0.15, 0.2) is 11.6 Å². The van der Waals surface area contributed by atoms with E-state index in [1.165, 1.54) is 6.07 Å². The van der Waals surface area contributed by atoms with Crippen LogP contribution in [0.4, 0.5) is 8.78 Å². The molecule has 2 rings (SSSR count). The smallest absolute Gasteiger partial charge is 0.162 e. The minimum atomic E-state index is -0.819. The summed E-state index contributed by atoms with van der Waals surface area (Å²) in [7, 11) is 0. The lowest BCUT2D eigenvalue weighted by atomic mass is 10.1. The molecule has 0 N–H and O–H groups in total. The van der Waals surface area contributed by atoms with E-state index < -0.39 is 11.6 Å². The van der Waals surface area contributed by atoms with Gasteiger partial charge in [0.05, 0.1) is 4.83 Å². The third-order valence-corrected chi connectivity index (χ3v) is 3.55. The first-order valence-corrected chi connectivity index (χ1v) is 6.69. The van der Waals surface area contributed by atoms with Crippen LogP contribution < -0.4 is 0 Å². The van der Waals surface area contributed by atoms with E-state index in [9.17, 15) is 8.78 Å². The SMILES string of the molecule is CCc1ccc(C(Br)Cc2cccc(F)c2F)o1. The number of benzene rings is 1. The van der Waals surface area contributed by atoms with Crippen LogP contribution in [0.25, 0.3) is 0 Å². The Morgan fingerprint density at radius 1 is 1.22 bits per heavy atom. The summed E-state index contributed by atoms with van der Waals surface area (Å²) in [6.45, 7) is 2.00. The molecule has 1 aromatic heterocycles. The van der Waals surface area contributed by atoms with E-state index in [0.29, 0.717) is 12.0 Å². The standard InChI is InChI=1S/C14H13BrF2O/c1-2-10-6-7-13(18-10)11(15)8-9-4-3-5-12(16)14(9)17/h3-7,11H,2,8H2,1H3. The lowest BCUT2D eigenvalue weighted by Crippen LogP contribution is -1.99. The maximum atomic E-state index is 13.5. The molecule has 96 valence electrons. The second-order valence-electron chi connectivity index (χ2n) is 4.04. The molecular weight excluding hydrogens is 302 g/mol. The molecule has 0 radical (unpaired) electrons. The first-order valence-electron chi connectivity index (χ1n) is 5.77. The van der Waals surface area contributed by atoms with Crippen LogP contribution in [0.2, 0.25) is 0 Å². The highest BCUT2D eigenvalue weighted by Crippen LogP contribution is 2.29. The third-order valence-electron chi connectivity index (χ3n) is 2.77. The van der Waals surface area contributed by atoms with Gasteiger partial charge in [-0.05, 0) is 30.2 Å². The van der Waals surface area contributed by atoms with Gasteiger partial charge in [-0.2, -0.15) is 0 Å². The summed E-state index contributed by atoms with van der Waals surface area (Å²) in [5, 5.41) is 0. The zero-order valence-corrected chi connectivity index (χ0v) is 11.5. The van der Waals surface area contributed by atoms with Crippen molar-refractivity contribution in [3.8, 4) is 0 Å². The Morgan fingerprint density at radius 2 is 2.00 bits per heavy atom. The van der Waals surface area contributed by atoms with E-state index in [1.54, 1.807) is 6.07 Å². The number of hydrogen-bond acceptors (Lipinski definition) is 1. The maximum absolute atomic E-state index is 13.5. The molecule has 0 saturated heterocycles. The van der Waals surface area contributed by atoms with E-state index in [0.717, 1.165) is 24.0 Å². The number of alkyl halides is 1. The minimum absolute atomic E-state index is 0.158. The molecule has 18 heavy (non-hydrogen) atoms. The van der Waals surface area contributed by atoms with E-state index in [2.05, 4.69) is 15.9 Å². The largest absolute Gasteiger partial charge is 0.465 e. The normalized spacial score (nSPS) is 12.7. The summed E-state index contributed by atoms with van der Waals surface area (Å²) in [6.07, 6.45) is 1.16. The van der Waals surface area contributed by atoms with E-state index in [-0.39, 0.29) is 4.83 Å². The summed E-state index contributed by atoms with van der Waals surface area (Å²) in [5.41, 5.74) is 0.339. The zero-order valence-electron chi connectivity index (χ0n) is 9.92.